The summed E-state index contributed by atoms with van der Waals surface area (Å²) in [6.07, 6.45) is 10.3. The molecule has 0 N–H and O–H groups in total. The Bertz CT molecular complexity index is 1400. The number of benzene rings is 3. The highest BCUT2D eigenvalue weighted by molar-refractivity contribution is 5.74. The Morgan fingerprint density at radius 1 is 1.00 bits per heavy atom. The number of fused-ring (bicyclic) bond motifs is 1. The predicted molar refractivity (Wildman–Crippen MR) is 153 cm³/mol. The summed E-state index contributed by atoms with van der Waals surface area (Å²) in [6.45, 7) is 6.86. The van der Waals surface area contributed by atoms with Crippen LogP contribution in [0.2, 0.25) is 0 Å². The average Bonchev–Trinajstić information content (AvgIpc) is 3.33. The fourth-order valence-corrected chi connectivity index (χ4v) is 5.58. The number of hydrogen-bond acceptors (Lipinski definition) is 3. The highest BCUT2D eigenvalue weighted by Gasteiger charge is 2.33. The zero-order valence-corrected chi connectivity index (χ0v) is 22.1. The Hall–Kier alpha value is -3.92. The maximum atomic E-state index is 10.8. The van der Waals surface area contributed by atoms with Gasteiger partial charge in [-0.05, 0) is 77.3 Å². The number of anilines is 1. The molecule has 5 rings (SSSR count). The Morgan fingerprint density at radius 2 is 1.76 bits per heavy atom. The van der Waals surface area contributed by atoms with Crippen LogP contribution in [0.15, 0.2) is 85.2 Å². The molecule has 0 saturated carbocycles. The lowest BCUT2D eigenvalue weighted by Gasteiger charge is -2.44. The van der Waals surface area contributed by atoms with Crippen molar-refractivity contribution in [3.63, 3.8) is 0 Å². The van der Waals surface area contributed by atoms with Crippen LogP contribution in [-0.2, 0) is 24.7 Å². The Labute approximate surface area is 220 Å². The van der Waals surface area contributed by atoms with Gasteiger partial charge in [-0.15, -0.1) is 0 Å². The largest absolute Gasteiger partial charge is 0.357 e. The second-order valence-corrected chi connectivity index (χ2v) is 10.6. The SMILES string of the molecule is CC(C)Cc1ccc(N2C(C)Cc3cc(-c4cnn(C)c4)ccc3C2c2ccc(/C=C/C=O)cc2)cc1. The van der Waals surface area contributed by atoms with E-state index in [0.717, 1.165) is 30.3 Å². The predicted octanol–water partition coefficient (Wildman–Crippen LogP) is 7.04. The van der Waals surface area contributed by atoms with Crippen LogP contribution in [0, 0.1) is 5.92 Å². The van der Waals surface area contributed by atoms with Crippen LogP contribution in [-0.4, -0.2) is 22.1 Å². The Balaban J connectivity index is 1.58. The molecule has 0 amide bonds. The summed E-state index contributed by atoms with van der Waals surface area (Å²) in [4.78, 5) is 13.4. The molecule has 3 aromatic carbocycles. The van der Waals surface area contributed by atoms with Gasteiger partial charge in [0.25, 0.3) is 0 Å². The summed E-state index contributed by atoms with van der Waals surface area (Å²) in [5.41, 5.74) is 9.98. The zero-order chi connectivity index (χ0) is 25.9. The summed E-state index contributed by atoms with van der Waals surface area (Å²) in [5, 5.41) is 4.37. The van der Waals surface area contributed by atoms with E-state index in [1.54, 1.807) is 0 Å². The van der Waals surface area contributed by atoms with Crippen LogP contribution in [0.5, 0.6) is 0 Å². The number of allylic oxidation sites excluding steroid dienone is 1. The molecule has 0 radical (unpaired) electrons. The second kappa shape index (κ2) is 10.6. The van der Waals surface area contributed by atoms with Gasteiger partial charge in [-0.25, -0.2) is 0 Å². The van der Waals surface area contributed by atoms with Crippen molar-refractivity contribution < 1.29 is 4.79 Å². The van der Waals surface area contributed by atoms with Crippen LogP contribution in [0.25, 0.3) is 17.2 Å². The molecule has 4 aromatic rings. The lowest BCUT2D eigenvalue weighted by atomic mass is 9.83. The smallest absolute Gasteiger partial charge is 0.142 e. The van der Waals surface area contributed by atoms with Crippen molar-refractivity contribution in [1.82, 2.24) is 9.78 Å². The molecule has 37 heavy (non-hydrogen) atoms. The minimum absolute atomic E-state index is 0.0988. The van der Waals surface area contributed by atoms with Crippen molar-refractivity contribution in [2.75, 3.05) is 4.90 Å². The lowest BCUT2D eigenvalue weighted by molar-refractivity contribution is -0.104. The van der Waals surface area contributed by atoms with E-state index >= 15 is 0 Å². The monoisotopic (exact) mass is 489 g/mol. The Kier molecular flexibility index (Phi) is 7.09. The van der Waals surface area contributed by atoms with Crippen LogP contribution >= 0.6 is 0 Å². The molecule has 188 valence electrons. The molecule has 1 aromatic heterocycles. The fraction of sp³-hybridized carbons (Fsp3) is 0.273. The highest BCUT2D eigenvalue weighted by Crippen LogP contribution is 2.42. The minimum Gasteiger partial charge on any atom is -0.357 e. The van der Waals surface area contributed by atoms with E-state index < -0.39 is 0 Å². The summed E-state index contributed by atoms with van der Waals surface area (Å²) in [6, 6.07) is 25.0. The number of aryl methyl sites for hydroxylation is 1. The first-order chi connectivity index (χ1) is 17.9. The highest BCUT2D eigenvalue weighted by atomic mass is 16.1. The van der Waals surface area contributed by atoms with Crippen LogP contribution < -0.4 is 4.90 Å². The van der Waals surface area contributed by atoms with E-state index in [-0.39, 0.29) is 6.04 Å². The number of aromatic nitrogens is 2. The Morgan fingerprint density at radius 3 is 2.41 bits per heavy atom. The molecule has 2 heterocycles. The third-order valence-corrected chi connectivity index (χ3v) is 7.24. The van der Waals surface area contributed by atoms with Crippen molar-refractivity contribution in [3.8, 4) is 11.1 Å². The third kappa shape index (κ3) is 5.29. The normalized spacial score (nSPS) is 17.4. The van der Waals surface area contributed by atoms with Crippen molar-refractivity contribution in [2.24, 2.45) is 13.0 Å². The van der Waals surface area contributed by atoms with Crippen LogP contribution in [0.4, 0.5) is 5.69 Å². The molecule has 0 fully saturated rings. The number of carbonyl (C=O) groups excluding carboxylic acids is 1. The average molecular weight is 490 g/mol. The maximum absolute atomic E-state index is 10.8. The maximum Gasteiger partial charge on any atom is 0.142 e. The molecular formula is C33H35N3O. The van der Waals surface area contributed by atoms with E-state index in [1.165, 1.54) is 39.6 Å². The molecule has 0 spiro atoms. The van der Waals surface area contributed by atoms with Gasteiger partial charge in [0.1, 0.15) is 6.29 Å². The van der Waals surface area contributed by atoms with Gasteiger partial charge in [0.15, 0.2) is 0 Å². The van der Waals surface area contributed by atoms with E-state index in [1.807, 2.05) is 24.0 Å². The van der Waals surface area contributed by atoms with Crippen molar-refractivity contribution >= 4 is 18.0 Å². The summed E-state index contributed by atoms with van der Waals surface area (Å²) in [5.74, 6) is 0.639. The van der Waals surface area contributed by atoms with E-state index in [2.05, 4.69) is 104 Å². The first kappa shape index (κ1) is 24.8. The fourth-order valence-electron chi connectivity index (χ4n) is 5.58. The topological polar surface area (TPSA) is 38.1 Å². The molecule has 4 nitrogen and oxygen atoms in total. The van der Waals surface area contributed by atoms with Gasteiger partial charge in [0.2, 0.25) is 0 Å². The molecule has 2 unspecified atom stereocenters. The summed E-state index contributed by atoms with van der Waals surface area (Å²) in [7, 11) is 1.96. The van der Waals surface area contributed by atoms with Gasteiger partial charge in [0.05, 0.1) is 12.2 Å². The molecular weight excluding hydrogens is 454 g/mol. The van der Waals surface area contributed by atoms with Crippen molar-refractivity contribution in [1.29, 1.82) is 0 Å². The number of carbonyl (C=O) groups is 1. The number of aldehydes is 1. The number of rotatable bonds is 7. The van der Waals surface area contributed by atoms with Gasteiger partial charge < -0.3 is 4.90 Å². The minimum atomic E-state index is 0.0988. The molecule has 0 bridgehead atoms. The lowest BCUT2D eigenvalue weighted by Crippen LogP contribution is -2.42. The zero-order valence-electron chi connectivity index (χ0n) is 22.1. The van der Waals surface area contributed by atoms with Gasteiger partial charge >= 0.3 is 0 Å². The molecule has 0 aliphatic carbocycles. The van der Waals surface area contributed by atoms with E-state index in [4.69, 9.17) is 0 Å². The quantitative estimate of drug-likeness (QED) is 0.206. The van der Waals surface area contributed by atoms with Gasteiger partial charge in [-0.3, -0.25) is 9.48 Å². The first-order valence-corrected chi connectivity index (χ1v) is 13.1. The molecule has 0 saturated heterocycles. The van der Waals surface area contributed by atoms with E-state index in [0.29, 0.717) is 12.0 Å². The van der Waals surface area contributed by atoms with Gasteiger partial charge in [0, 0.05) is 30.5 Å². The molecule has 4 heteroatoms. The summed E-state index contributed by atoms with van der Waals surface area (Å²) >= 11 is 0. The van der Waals surface area contributed by atoms with Gasteiger partial charge in [-0.1, -0.05) is 74.5 Å². The van der Waals surface area contributed by atoms with Crippen LogP contribution in [0.1, 0.15) is 54.6 Å². The van der Waals surface area contributed by atoms with Crippen molar-refractivity contribution in [3.05, 3.63) is 113 Å². The van der Waals surface area contributed by atoms with Crippen molar-refractivity contribution in [2.45, 2.75) is 45.7 Å². The third-order valence-electron chi connectivity index (χ3n) is 7.24. The first-order valence-electron chi connectivity index (χ1n) is 13.1. The molecule has 2 atom stereocenters. The number of nitrogens with zero attached hydrogens (tertiary/aromatic N) is 3. The van der Waals surface area contributed by atoms with Crippen LogP contribution in [0.3, 0.4) is 0 Å². The van der Waals surface area contributed by atoms with Gasteiger partial charge in [-0.2, -0.15) is 5.10 Å². The second-order valence-electron chi connectivity index (χ2n) is 10.6. The van der Waals surface area contributed by atoms with E-state index in [9.17, 15) is 4.79 Å². The number of hydrogen-bond donors (Lipinski definition) is 0. The molecule has 1 aliphatic heterocycles. The standard InChI is InChI=1S/C33H35N3O/c1-23(2)18-26-9-14-31(15-10-26)36-24(3)19-29-20-28(30-21-34-35(4)22-30)13-16-32(29)33(36)27-11-7-25(8-12-27)6-5-17-37/h5-17,20-24,33H,18-19H2,1-4H3/b6-5+. The summed E-state index contributed by atoms with van der Waals surface area (Å²) < 4.78 is 1.85. The molecule has 1 aliphatic rings.